The van der Waals surface area contributed by atoms with E-state index in [4.69, 9.17) is 0 Å². The van der Waals surface area contributed by atoms with Gasteiger partial charge in [-0.05, 0) is 6.42 Å². The average molecular weight is 334 g/mol. The van der Waals surface area contributed by atoms with Crippen LogP contribution in [-0.2, 0) is 0 Å². The fourth-order valence-electron chi connectivity index (χ4n) is 2.49. The maximum atomic E-state index is 13.7. The summed E-state index contributed by atoms with van der Waals surface area (Å²) in [4.78, 5) is 15.3. The van der Waals surface area contributed by atoms with E-state index in [0.29, 0.717) is 26.1 Å². The minimum absolute atomic E-state index is 0.131. The van der Waals surface area contributed by atoms with Gasteiger partial charge in [0.2, 0.25) is 5.82 Å². The number of carbonyl (C=O) groups excluding carboxylic acids is 1. The summed E-state index contributed by atoms with van der Waals surface area (Å²) in [5, 5.41) is 0. The van der Waals surface area contributed by atoms with Crippen LogP contribution in [0.2, 0.25) is 0 Å². The molecule has 1 amide bonds. The number of hydrogen-bond acceptors (Lipinski definition) is 2. The molecule has 126 valence electrons. The molecule has 1 aliphatic heterocycles. The molecule has 0 unspecified atom stereocenters. The van der Waals surface area contributed by atoms with Gasteiger partial charge in [0.25, 0.3) is 5.91 Å². The molecule has 1 aliphatic rings. The lowest BCUT2D eigenvalue weighted by Gasteiger charge is -2.22. The van der Waals surface area contributed by atoms with Crippen LogP contribution >= 0.6 is 0 Å². The van der Waals surface area contributed by atoms with Gasteiger partial charge in [0.1, 0.15) is 5.56 Å². The van der Waals surface area contributed by atoms with E-state index in [1.54, 1.807) is 6.08 Å². The van der Waals surface area contributed by atoms with Crippen molar-refractivity contribution >= 4 is 5.91 Å². The molecule has 1 heterocycles. The molecule has 0 spiro atoms. The highest BCUT2D eigenvalue weighted by atomic mass is 19.2. The fourth-order valence-corrected chi connectivity index (χ4v) is 2.49. The van der Waals surface area contributed by atoms with E-state index in [2.05, 4.69) is 6.58 Å². The average Bonchev–Trinajstić information content (AvgIpc) is 2.77. The molecule has 3 nitrogen and oxygen atoms in total. The Bertz CT molecular complexity index is 606. The first-order chi connectivity index (χ1) is 10.9. The second-order valence-corrected chi connectivity index (χ2v) is 5.18. The van der Waals surface area contributed by atoms with Gasteiger partial charge in [-0.3, -0.25) is 9.69 Å². The lowest BCUT2D eigenvalue weighted by Crippen LogP contribution is -2.36. The van der Waals surface area contributed by atoms with Crippen molar-refractivity contribution in [3.63, 3.8) is 0 Å². The second kappa shape index (κ2) is 7.08. The predicted octanol–water partition coefficient (Wildman–Crippen LogP) is 2.72. The predicted molar refractivity (Wildman–Crippen MR) is 73.4 cm³/mol. The summed E-state index contributed by atoms with van der Waals surface area (Å²) < 4.78 is 66.9. The molecular weight excluding hydrogens is 319 g/mol. The Kier molecular flexibility index (Phi) is 5.35. The number of nitrogens with zero attached hydrogens (tertiary/aromatic N) is 2. The van der Waals surface area contributed by atoms with Gasteiger partial charge in [-0.25, -0.2) is 22.0 Å². The molecule has 0 bridgehead atoms. The highest BCUT2D eigenvalue weighted by Crippen LogP contribution is 2.24. The van der Waals surface area contributed by atoms with Gasteiger partial charge in [-0.2, -0.15) is 0 Å². The highest BCUT2D eigenvalue weighted by molar-refractivity contribution is 5.95. The molecule has 1 aromatic rings. The van der Waals surface area contributed by atoms with Crippen molar-refractivity contribution in [2.75, 3.05) is 32.7 Å². The SMILES string of the molecule is C=CCN1CCCN(C(=O)c2c(F)c(F)c(F)c(F)c2F)CC1. The van der Waals surface area contributed by atoms with Gasteiger partial charge < -0.3 is 4.90 Å². The summed E-state index contributed by atoms with van der Waals surface area (Å²) in [6.07, 6.45) is 2.20. The maximum Gasteiger partial charge on any atom is 0.260 e. The summed E-state index contributed by atoms with van der Waals surface area (Å²) in [7, 11) is 0. The lowest BCUT2D eigenvalue weighted by molar-refractivity contribution is 0.0748. The number of hydrogen-bond donors (Lipinski definition) is 0. The zero-order valence-electron chi connectivity index (χ0n) is 12.2. The largest absolute Gasteiger partial charge is 0.337 e. The van der Waals surface area contributed by atoms with Gasteiger partial charge in [0.05, 0.1) is 0 Å². The maximum absolute atomic E-state index is 13.7. The third kappa shape index (κ3) is 3.36. The van der Waals surface area contributed by atoms with Crippen molar-refractivity contribution in [3.05, 3.63) is 47.3 Å². The normalized spacial score (nSPS) is 16.3. The zero-order valence-corrected chi connectivity index (χ0v) is 12.2. The van der Waals surface area contributed by atoms with E-state index < -0.39 is 40.6 Å². The standard InChI is InChI=1S/C15H15F5N2O/c1-2-4-21-5-3-6-22(8-7-21)15(23)9-10(16)12(18)14(20)13(19)11(9)17/h2H,1,3-8H2. The van der Waals surface area contributed by atoms with E-state index in [-0.39, 0.29) is 13.1 Å². The number of benzene rings is 1. The van der Waals surface area contributed by atoms with E-state index in [0.717, 1.165) is 4.90 Å². The van der Waals surface area contributed by atoms with Crippen LogP contribution in [0.25, 0.3) is 0 Å². The molecule has 0 saturated carbocycles. The van der Waals surface area contributed by atoms with Crippen LogP contribution in [0, 0.1) is 29.1 Å². The number of amides is 1. The molecule has 0 radical (unpaired) electrons. The molecule has 1 saturated heterocycles. The van der Waals surface area contributed by atoms with Crippen LogP contribution in [0.5, 0.6) is 0 Å². The van der Waals surface area contributed by atoms with Gasteiger partial charge >= 0.3 is 0 Å². The van der Waals surface area contributed by atoms with E-state index in [1.165, 1.54) is 0 Å². The molecule has 0 atom stereocenters. The van der Waals surface area contributed by atoms with Gasteiger partial charge in [0, 0.05) is 32.7 Å². The first-order valence-corrected chi connectivity index (χ1v) is 7.02. The van der Waals surface area contributed by atoms with Crippen molar-refractivity contribution in [1.29, 1.82) is 0 Å². The third-order valence-corrected chi connectivity index (χ3v) is 3.69. The van der Waals surface area contributed by atoms with Crippen molar-refractivity contribution in [1.82, 2.24) is 9.80 Å². The molecule has 8 heteroatoms. The lowest BCUT2D eigenvalue weighted by atomic mass is 10.1. The van der Waals surface area contributed by atoms with Crippen molar-refractivity contribution < 1.29 is 26.7 Å². The minimum atomic E-state index is -2.27. The van der Waals surface area contributed by atoms with Crippen molar-refractivity contribution in [2.45, 2.75) is 6.42 Å². The van der Waals surface area contributed by atoms with Crippen LogP contribution in [0.4, 0.5) is 22.0 Å². The summed E-state index contributed by atoms with van der Waals surface area (Å²) >= 11 is 0. The Morgan fingerprint density at radius 1 is 0.913 bits per heavy atom. The number of halogens is 5. The topological polar surface area (TPSA) is 23.6 Å². The van der Waals surface area contributed by atoms with Gasteiger partial charge in [-0.15, -0.1) is 6.58 Å². The Morgan fingerprint density at radius 2 is 1.48 bits per heavy atom. The Balaban J connectivity index is 2.29. The molecule has 0 aromatic heterocycles. The molecule has 2 rings (SSSR count). The third-order valence-electron chi connectivity index (χ3n) is 3.69. The number of rotatable bonds is 3. The van der Waals surface area contributed by atoms with Crippen LogP contribution in [0.3, 0.4) is 0 Å². The molecule has 0 N–H and O–H groups in total. The van der Waals surface area contributed by atoms with Crippen LogP contribution in [0.15, 0.2) is 12.7 Å². The molecular formula is C15H15F5N2O. The highest BCUT2D eigenvalue weighted by Gasteiger charge is 2.32. The van der Waals surface area contributed by atoms with E-state index in [9.17, 15) is 26.7 Å². The van der Waals surface area contributed by atoms with Crippen molar-refractivity contribution in [3.8, 4) is 0 Å². The Labute approximate surface area is 130 Å². The zero-order chi connectivity index (χ0) is 17.1. The first-order valence-electron chi connectivity index (χ1n) is 7.02. The monoisotopic (exact) mass is 334 g/mol. The van der Waals surface area contributed by atoms with E-state index >= 15 is 0 Å². The Morgan fingerprint density at radius 3 is 2.04 bits per heavy atom. The van der Waals surface area contributed by atoms with Crippen LogP contribution < -0.4 is 0 Å². The summed E-state index contributed by atoms with van der Waals surface area (Å²) in [6.45, 7) is 5.56. The van der Waals surface area contributed by atoms with Gasteiger partial charge in [0.15, 0.2) is 23.3 Å². The smallest absolute Gasteiger partial charge is 0.260 e. The summed E-state index contributed by atoms with van der Waals surface area (Å²) in [6, 6.07) is 0. The number of carbonyl (C=O) groups is 1. The van der Waals surface area contributed by atoms with E-state index in [1.807, 2.05) is 4.90 Å². The molecule has 1 aromatic carbocycles. The summed E-state index contributed by atoms with van der Waals surface area (Å²) in [5.41, 5.74) is -1.40. The van der Waals surface area contributed by atoms with Crippen molar-refractivity contribution in [2.24, 2.45) is 0 Å². The molecule has 23 heavy (non-hydrogen) atoms. The quantitative estimate of drug-likeness (QED) is 0.367. The van der Waals surface area contributed by atoms with Crippen LogP contribution in [0.1, 0.15) is 16.8 Å². The molecule has 1 fully saturated rings. The Hall–Kier alpha value is -1.96. The molecule has 0 aliphatic carbocycles. The van der Waals surface area contributed by atoms with Gasteiger partial charge in [-0.1, -0.05) is 6.08 Å². The minimum Gasteiger partial charge on any atom is -0.337 e. The second-order valence-electron chi connectivity index (χ2n) is 5.18. The summed E-state index contributed by atoms with van der Waals surface area (Å²) in [5.74, 6) is -11.9. The fraction of sp³-hybridized carbons (Fsp3) is 0.400. The van der Waals surface area contributed by atoms with Crippen LogP contribution in [-0.4, -0.2) is 48.4 Å². The first kappa shape index (κ1) is 17.4.